The van der Waals surface area contributed by atoms with Crippen molar-refractivity contribution >= 4 is 35.1 Å². The number of carboxylic acid groups (broad SMARTS) is 2. The van der Waals surface area contributed by atoms with E-state index in [0.29, 0.717) is 18.7 Å². The highest BCUT2D eigenvalue weighted by Gasteiger charge is 2.22. The number of hydrogen-bond donors (Lipinski definition) is 2. The Morgan fingerprint density at radius 3 is 2.03 bits per heavy atom. The lowest BCUT2D eigenvalue weighted by molar-refractivity contribution is -0.384. The summed E-state index contributed by atoms with van der Waals surface area (Å²) in [5.74, 6) is -3.73. The number of carbonyl (C=O) groups excluding carboxylic acids is 1. The van der Waals surface area contributed by atoms with Gasteiger partial charge in [-0.15, -0.1) is 0 Å². The normalized spacial score (nSPS) is 13.6. The van der Waals surface area contributed by atoms with Gasteiger partial charge in [0.2, 0.25) is 0 Å². The zero-order valence-corrected chi connectivity index (χ0v) is 17.1. The number of amides is 1. The van der Waals surface area contributed by atoms with Crippen LogP contribution >= 0.6 is 11.6 Å². The summed E-state index contributed by atoms with van der Waals surface area (Å²) in [4.78, 5) is 45.0. The van der Waals surface area contributed by atoms with E-state index in [9.17, 15) is 14.9 Å². The van der Waals surface area contributed by atoms with E-state index in [4.69, 9.17) is 31.4 Å². The molecule has 0 saturated carbocycles. The molecule has 0 atom stereocenters. The maximum absolute atomic E-state index is 12.5. The molecule has 1 aliphatic heterocycles. The lowest BCUT2D eigenvalue weighted by Crippen LogP contribution is -2.48. The van der Waals surface area contributed by atoms with Gasteiger partial charge in [-0.1, -0.05) is 23.7 Å². The molecule has 1 amide bonds. The van der Waals surface area contributed by atoms with Crippen LogP contribution in [0.2, 0.25) is 5.02 Å². The van der Waals surface area contributed by atoms with Crippen molar-refractivity contribution in [2.45, 2.75) is 6.54 Å². The summed E-state index contributed by atoms with van der Waals surface area (Å²) in [7, 11) is 0. The van der Waals surface area contributed by atoms with Crippen LogP contribution in [0.5, 0.6) is 0 Å². The molecule has 0 aliphatic carbocycles. The zero-order chi connectivity index (χ0) is 23.0. The van der Waals surface area contributed by atoms with E-state index < -0.39 is 16.9 Å². The van der Waals surface area contributed by atoms with Gasteiger partial charge in [-0.05, 0) is 29.8 Å². The summed E-state index contributed by atoms with van der Waals surface area (Å²) in [6, 6.07) is 13.5. The van der Waals surface area contributed by atoms with Crippen LogP contribution in [-0.4, -0.2) is 69.0 Å². The fraction of sp³-hybridized carbons (Fsp3) is 0.250. The number of benzene rings is 2. The quantitative estimate of drug-likeness (QED) is 0.411. The van der Waals surface area contributed by atoms with Crippen molar-refractivity contribution in [3.63, 3.8) is 0 Å². The van der Waals surface area contributed by atoms with E-state index in [1.165, 1.54) is 24.3 Å². The number of halogens is 1. The first-order chi connectivity index (χ1) is 14.7. The molecule has 164 valence electrons. The maximum Gasteiger partial charge on any atom is 0.414 e. The lowest BCUT2D eigenvalue weighted by Gasteiger charge is -2.34. The van der Waals surface area contributed by atoms with Gasteiger partial charge in [-0.2, -0.15) is 0 Å². The third-order valence-corrected chi connectivity index (χ3v) is 4.70. The molecule has 10 nitrogen and oxygen atoms in total. The SMILES string of the molecule is O=C(O)C(=O)O.O=C(c1ccc([N+](=O)[O-])cc1)N1CCN(Cc2cccc(Cl)c2)CC1. The first-order valence-corrected chi connectivity index (χ1v) is 9.52. The largest absolute Gasteiger partial charge is 0.473 e. The molecular formula is C20H20ClN3O7. The lowest BCUT2D eigenvalue weighted by atomic mass is 10.1. The summed E-state index contributed by atoms with van der Waals surface area (Å²) < 4.78 is 0. The Bertz CT molecular complexity index is 946. The average Bonchev–Trinajstić information content (AvgIpc) is 2.74. The summed E-state index contributed by atoms with van der Waals surface area (Å²) in [5, 5.41) is 26.2. The van der Waals surface area contributed by atoms with Crippen LogP contribution in [-0.2, 0) is 16.1 Å². The van der Waals surface area contributed by atoms with Gasteiger partial charge in [0.1, 0.15) is 0 Å². The molecule has 1 saturated heterocycles. The smallest absolute Gasteiger partial charge is 0.414 e. The Morgan fingerprint density at radius 1 is 0.968 bits per heavy atom. The number of nitrogens with zero attached hydrogens (tertiary/aromatic N) is 3. The Labute approximate surface area is 182 Å². The van der Waals surface area contributed by atoms with Gasteiger partial charge in [0.25, 0.3) is 11.6 Å². The number of carbonyl (C=O) groups is 3. The van der Waals surface area contributed by atoms with Crippen LogP contribution in [0.25, 0.3) is 0 Å². The van der Waals surface area contributed by atoms with Gasteiger partial charge in [0, 0.05) is 55.4 Å². The molecule has 2 N–H and O–H groups in total. The van der Waals surface area contributed by atoms with Crippen molar-refractivity contribution in [3.8, 4) is 0 Å². The van der Waals surface area contributed by atoms with E-state index in [0.717, 1.165) is 30.2 Å². The minimum atomic E-state index is -1.82. The minimum absolute atomic E-state index is 0.0112. The van der Waals surface area contributed by atoms with Gasteiger partial charge in [0.15, 0.2) is 0 Å². The van der Waals surface area contributed by atoms with Crippen LogP contribution in [0.15, 0.2) is 48.5 Å². The molecule has 0 unspecified atom stereocenters. The summed E-state index contributed by atoms with van der Waals surface area (Å²) >= 11 is 6.01. The zero-order valence-electron chi connectivity index (χ0n) is 16.3. The van der Waals surface area contributed by atoms with E-state index in [1.54, 1.807) is 4.90 Å². The van der Waals surface area contributed by atoms with E-state index in [-0.39, 0.29) is 11.6 Å². The number of nitro benzene ring substituents is 1. The second-order valence-electron chi connectivity index (χ2n) is 6.61. The van der Waals surface area contributed by atoms with Crippen molar-refractivity contribution in [1.29, 1.82) is 0 Å². The monoisotopic (exact) mass is 449 g/mol. The number of piperazine rings is 1. The molecule has 0 spiro atoms. The van der Waals surface area contributed by atoms with Crippen LogP contribution < -0.4 is 0 Å². The van der Waals surface area contributed by atoms with Crippen LogP contribution in [0.1, 0.15) is 15.9 Å². The second kappa shape index (κ2) is 11.0. The molecule has 1 fully saturated rings. The highest BCUT2D eigenvalue weighted by Crippen LogP contribution is 2.16. The minimum Gasteiger partial charge on any atom is -0.473 e. The molecule has 2 aromatic rings. The Kier molecular flexibility index (Phi) is 8.47. The number of nitro groups is 1. The number of carboxylic acids is 2. The fourth-order valence-corrected chi connectivity index (χ4v) is 3.12. The summed E-state index contributed by atoms with van der Waals surface area (Å²) in [6.45, 7) is 3.64. The van der Waals surface area contributed by atoms with E-state index in [2.05, 4.69) is 4.90 Å². The van der Waals surface area contributed by atoms with Gasteiger partial charge in [0.05, 0.1) is 4.92 Å². The predicted octanol–water partition coefficient (Wildman–Crippen LogP) is 2.36. The second-order valence-corrected chi connectivity index (χ2v) is 7.05. The van der Waals surface area contributed by atoms with E-state index in [1.807, 2.05) is 24.3 Å². The number of rotatable bonds is 4. The Hall–Kier alpha value is -3.50. The third-order valence-electron chi connectivity index (χ3n) is 4.46. The Morgan fingerprint density at radius 2 is 1.55 bits per heavy atom. The molecule has 0 aromatic heterocycles. The number of hydrogen-bond acceptors (Lipinski definition) is 6. The first-order valence-electron chi connectivity index (χ1n) is 9.14. The highest BCUT2D eigenvalue weighted by atomic mass is 35.5. The standard InChI is InChI=1S/C18H18ClN3O3.C2H2O4/c19-16-3-1-2-14(12-16)13-20-8-10-21(11-9-20)18(23)15-4-6-17(7-5-15)22(24)25;3-1(4)2(5)6/h1-7,12H,8-11,13H2;(H,3,4)(H,5,6). The molecule has 1 heterocycles. The highest BCUT2D eigenvalue weighted by molar-refractivity contribution is 6.30. The topological polar surface area (TPSA) is 141 Å². The molecular weight excluding hydrogens is 430 g/mol. The first kappa shape index (κ1) is 23.8. The predicted molar refractivity (Wildman–Crippen MR) is 111 cm³/mol. The van der Waals surface area contributed by atoms with Gasteiger partial charge in [-0.3, -0.25) is 19.8 Å². The molecule has 2 aromatic carbocycles. The van der Waals surface area contributed by atoms with Gasteiger partial charge < -0.3 is 15.1 Å². The molecule has 11 heteroatoms. The van der Waals surface area contributed by atoms with Crippen LogP contribution in [0, 0.1) is 10.1 Å². The molecule has 1 aliphatic rings. The maximum atomic E-state index is 12.5. The number of non-ortho nitro benzene ring substituents is 1. The third kappa shape index (κ3) is 7.36. The van der Waals surface area contributed by atoms with Crippen molar-refractivity contribution in [2.24, 2.45) is 0 Å². The molecule has 3 rings (SSSR count). The molecule has 31 heavy (non-hydrogen) atoms. The van der Waals surface area contributed by atoms with Crippen LogP contribution in [0.4, 0.5) is 5.69 Å². The fourth-order valence-electron chi connectivity index (χ4n) is 2.91. The Balaban J connectivity index is 0.000000501. The van der Waals surface area contributed by atoms with Crippen molar-refractivity contribution in [1.82, 2.24) is 9.80 Å². The van der Waals surface area contributed by atoms with Crippen molar-refractivity contribution in [2.75, 3.05) is 26.2 Å². The molecule has 0 radical (unpaired) electrons. The summed E-state index contributed by atoms with van der Waals surface area (Å²) in [5.41, 5.74) is 1.62. The van der Waals surface area contributed by atoms with Gasteiger partial charge in [-0.25, -0.2) is 9.59 Å². The van der Waals surface area contributed by atoms with E-state index >= 15 is 0 Å². The molecule has 0 bridgehead atoms. The average molecular weight is 450 g/mol. The number of aliphatic carboxylic acids is 2. The van der Waals surface area contributed by atoms with Crippen LogP contribution in [0.3, 0.4) is 0 Å². The summed E-state index contributed by atoms with van der Waals surface area (Å²) in [6.07, 6.45) is 0. The van der Waals surface area contributed by atoms with Crippen molar-refractivity contribution < 1.29 is 29.5 Å². The van der Waals surface area contributed by atoms with Crippen molar-refractivity contribution in [3.05, 3.63) is 74.8 Å². The van der Waals surface area contributed by atoms with Gasteiger partial charge >= 0.3 is 11.9 Å².